The Morgan fingerprint density at radius 3 is 2.22 bits per heavy atom. The molecule has 2 aliphatic rings. The van der Waals surface area contributed by atoms with E-state index in [9.17, 15) is 5.11 Å². The van der Waals surface area contributed by atoms with E-state index in [0.29, 0.717) is 5.75 Å². The number of hydrogen-bond acceptors (Lipinski definition) is 3. The summed E-state index contributed by atoms with van der Waals surface area (Å²) in [6.07, 6.45) is 8.68. The Kier molecular flexibility index (Phi) is 5.67. The lowest BCUT2D eigenvalue weighted by Gasteiger charge is -2.34. The summed E-state index contributed by atoms with van der Waals surface area (Å²) in [5.74, 6) is 1.20. The Bertz CT molecular complexity index is 1440. The molecule has 0 radical (unpaired) electrons. The predicted molar refractivity (Wildman–Crippen MR) is 150 cm³/mol. The normalized spacial score (nSPS) is 16.3. The average Bonchev–Trinajstić information content (AvgIpc) is 3.16. The maximum absolute atomic E-state index is 11.5. The van der Waals surface area contributed by atoms with Gasteiger partial charge in [-0.15, -0.1) is 0 Å². The second-order valence-corrected chi connectivity index (χ2v) is 10.6. The molecule has 3 nitrogen and oxygen atoms in total. The summed E-state index contributed by atoms with van der Waals surface area (Å²) in [4.78, 5) is 0. The molecule has 0 heterocycles. The van der Waals surface area contributed by atoms with Crippen molar-refractivity contribution in [3.05, 3.63) is 77.4 Å². The third-order valence-electron chi connectivity index (χ3n) is 8.68. The van der Waals surface area contributed by atoms with Gasteiger partial charge in [-0.05, 0) is 88.9 Å². The van der Waals surface area contributed by atoms with E-state index in [1.165, 1.54) is 59.9 Å². The van der Waals surface area contributed by atoms with Gasteiger partial charge in [-0.2, -0.15) is 0 Å². The smallest absolute Gasteiger partial charge is 0.127 e. The fraction of sp³-hybridized carbons (Fsp3) is 0.333. The zero-order valence-electron chi connectivity index (χ0n) is 21.6. The van der Waals surface area contributed by atoms with Crippen LogP contribution in [0.1, 0.15) is 61.6 Å². The largest absolute Gasteiger partial charge is 0.507 e. The van der Waals surface area contributed by atoms with Crippen molar-refractivity contribution in [1.82, 2.24) is 0 Å². The molecule has 0 atom stereocenters. The number of anilines is 1. The monoisotopic (exact) mass is 477 g/mol. The highest BCUT2D eigenvalue weighted by Gasteiger charge is 2.44. The van der Waals surface area contributed by atoms with Crippen LogP contribution in [-0.4, -0.2) is 19.3 Å². The molecule has 0 bridgehead atoms. The van der Waals surface area contributed by atoms with Crippen LogP contribution in [0, 0.1) is 6.92 Å². The van der Waals surface area contributed by atoms with Crippen molar-refractivity contribution in [1.29, 1.82) is 0 Å². The van der Waals surface area contributed by atoms with Crippen molar-refractivity contribution >= 4 is 16.5 Å². The Morgan fingerprint density at radius 2 is 1.53 bits per heavy atom. The summed E-state index contributed by atoms with van der Waals surface area (Å²) in [5, 5.41) is 16.6. The zero-order chi connectivity index (χ0) is 24.9. The maximum Gasteiger partial charge on any atom is 0.127 e. The van der Waals surface area contributed by atoms with Gasteiger partial charge in [0.15, 0.2) is 0 Å². The lowest BCUT2D eigenvalue weighted by atomic mass is 9.69. The number of nitrogens with one attached hydrogen (secondary N) is 1. The van der Waals surface area contributed by atoms with Crippen LogP contribution in [-0.2, 0) is 5.41 Å². The lowest BCUT2D eigenvalue weighted by Crippen LogP contribution is -2.26. The molecule has 3 heteroatoms. The van der Waals surface area contributed by atoms with Crippen LogP contribution < -0.4 is 10.1 Å². The van der Waals surface area contributed by atoms with Gasteiger partial charge < -0.3 is 15.2 Å². The number of fused-ring (bicyclic) bond motifs is 7. The quantitative estimate of drug-likeness (QED) is 0.310. The van der Waals surface area contributed by atoms with E-state index < -0.39 is 0 Å². The number of hydrogen-bond donors (Lipinski definition) is 2. The van der Waals surface area contributed by atoms with Gasteiger partial charge in [0.05, 0.1) is 7.11 Å². The van der Waals surface area contributed by atoms with Crippen LogP contribution in [0.2, 0.25) is 0 Å². The van der Waals surface area contributed by atoms with Crippen LogP contribution in [0.3, 0.4) is 0 Å². The SMILES string of the molecule is CNc1ccc(-c2cc3c(O)cc4c(c3cc2OC)-c2c(C)cccc2C42CCCCCCC2)cc1. The summed E-state index contributed by atoms with van der Waals surface area (Å²) in [5.41, 5.74) is 9.85. The van der Waals surface area contributed by atoms with E-state index in [1.807, 2.05) is 7.05 Å². The first-order chi connectivity index (χ1) is 17.6. The van der Waals surface area contributed by atoms with Gasteiger partial charge in [-0.25, -0.2) is 0 Å². The molecule has 184 valence electrons. The van der Waals surface area contributed by atoms with Crippen molar-refractivity contribution in [3.8, 4) is 33.8 Å². The summed E-state index contributed by atoms with van der Waals surface area (Å²) >= 11 is 0. The number of aromatic hydroxyl groups is 1. The molecule has 0 unspecified atom stereocenters. The number of phenols is 1. The standard InChI is InChI=1S/C33H35NO2/c1-21-10-9-11-27-31(21)32-26-19-30(36-3)24(22-12-14-23(34-2)15-13-22)18-25(26)29(35)20-28(32)33(27)16-7-5-4-6-8-17-33/h9-15,18-20,34-35H,4-8,16-17H2,1-3H3. The maximum atomic E-state index is 11.5. The Labute approximate surface area is 214 Å². The molecule has 2 aliphatic carbocycles. The van der Waals surface area contributed by atoms with E-state index in [-0.39, 0.29) is 5.41 Å². The number of methoxy groups -OCH3 is 1. The van der Waals surface area contributed by atoms with Crippen LogP contribution in [0.5, 0.6) is 11.5 Å². The predicted octanol–water partition coefficient (Wildman–Crippen LogP) is 8.58. The Morgan fingerprint density at radius 1 is 0.806 bits per heavy atom. The minimum Gasteiger partial charge on any atom is -0.507 e. The average molecular weight is 478 g/mol. The molecule has 6 rings (SSSR count). The summed E-state index contributed by atoms with van der Waals surface area (Å²) in [7, 11) is 3.66. The molecule has 0 aromatic heterocycles. The van der Waals surface area contributed by atoms with Crippen molar-refractivity contribution in [2.45, 2.75) is 57.3 Å². The second kappa shape index (κ2) is 8.89. The van der Waals surface area contributed by atoms with E-state index >= 15 is 0 Å². The molecule has 2 N–H and O–H groups in total. The Hall–Kier alpha value is -3.46. The van der Waals surface area contributed by atoms with Crippen LogP contribution in [0.4, 0.5) is 5.69 Å². The third-order valence-corrected chi connectivity index (χ3v) is 8.68. The highest BCUT2D eigenvalue weighted by Crippen LogP contribution is 2.59. The minimum absolute atomic E-state index is 0.0162. The van der Waals surface area contributed by atoms with Gasteiger partial charge in [0, 0.05) is 29.1 Å². The number of phenolic OH excluding ortho intramolecular Hbond substituents is 1. The molecule has 0 amide bonds. The first-order valence-electron chi connectivity index (χ1n) is 13.3. The van der Waals surface area contributed by atoms with Crippen LogP contribution in [0.25, 0.3) is 33.0 Å². The highest BCUT2D eigenvalue weighted by molar-refractivity contribution is 6.08. The van der Waals surface area contributed by atoms with Crippen molar-refractivity contribution in [2.24, 2.45) is 0 Å². The van der Waals surface area contributed by atoms with Crippen molar-refractivity contribution < 1.29 is 9.84 Å². The van der Waals surface area contributed by atoms with Gasteiger partial charge in [-0.3, -0.25) is 0 Å². The van der Waals surface area contributed by atoms with Crippen LogP contribution >= 0.6 is 0 Å². The van der Waals surface area contributed by atoms with E-state index in [2.05, 4.69) is 72.9 Å². The topological polar surface area (TPSA) is 41.5 Å². The molecule has 1 saturated carbocycles. The number of ether oxygens (including phenoxy) is 1. The number of rotatable bonds is 3. The molecular weight excluding hydrogens is 442 g/mol. The van der Waals surface area contributed by atoms with Crippen molar-refractivity contribution in [3.63, 3.8) is 0 Å². The number of benzene rings is 4. The van der Waals surface area contributed by atoms with Gasteiger partial charge in [0.25, 0.3) is 0 Å². The van der Waals surface area contributed by atoms with Gasteiger partial charge >= 0.3 is 0 Å². The fourth-order valence-corrected chi connectivity index (χ4v) is 6.88. The van der Waals surface area contributed by atoms with E-state index in [4.69, 9.17) is 4.74 Å². The molecule has 0 aliphatic heterocycles. The van der Waals surface area contributed by atoms with Crippen molar-refractivity contribution in [2.75, 3.05) is 19.5 Å². The van der Waals surface area contributed by atoms with Gasteiger partial charge in [-0.1, -0.05) is 62.4 Å². The van der Waals surface area contributed by atoms with E-state index in [0.717, 1.165) is 46.2 Å². The first kappa shape index (κ1) is 23.0. The summed E-state index contributed by atoms with van der Waals surface area (Å²) < 4.78 is 5.96. The summed E-state index contributed by atoms with van der Waals surface area (Å²) in [6, 6.07) is 21.5. The molecule has 4 aromatic carbocycles. The number of aryl methyl sites for hydroxylation is 1. The summed E-state index contributed by atoms with van der Waals surface area (Å²) in [6.45, 7) is 2.23. The second-order valence-electron chi connectivity index (χ2n) is 10.6. The van der Waals surface area contributed by atoms with Gasteiger partial charge in [0.1, 0.15) is 11.5 Å². The third kappa shape index (κ3) is 3.40. The fourth-order valence-electron chi connectivity index (χ4n) is 6.88. The highest BCUT2D eigenvalue weighted by atomic mass is 16.5. The molecule has 1 spiro atoms. The molecular formula is C33H35NO2. The van der Waals surface area contributed by atoms with Gasteiger partial charge in [0.2, 0.25) is 0 Å². The molecule has 0 saturated heterocycles. The Balaban J connectivity index is 1.64. The zero-order valence-corrected chi connectivity index (χ0v) is 21.6. The molecule has 4 aromatic rings. The molecule has 36 heavy (non-hydrogen) atoms. The lowest BCUT2D eigenvalue weighted by molar-refractivity contribution is 0.372. The minimum atomic E-state index is -0.0162. The first-order valence-corrected chi connectivity index (χ1v) is 13.3. The molecule has 1 fully saturated rings. The van der Waals surface area contributed by atoms with E-state index in [1.54, 1.807) is 7.11 Å². The van der Waals surface area contributed by atoms with Crippen LogP contribution in [0.15, 0.2) is 60.7 Å².